The van der Waals surface area contributed by atoms with Crippen molar-refractivity contribution in [2.75, 3.05) is 6.54 Å². The first-order chi connectivity index (χ1) is 8.61. The third kappa shape index (κ3) is 2.71. The molecule has 0 radical (unpaired) electrons. The molecule has 1 aliphatic rings. The number of benzene rings is 1. The van der Waals surface area contributed by atoms with E-state index >= 15 is 0 Å². The van der Waals surface area contributed by atoms with Gasteiger partial charge < -0.3 is 16.4 Å². The van der Waals surface area contributed by atoms with Crippen molar-refractivity contribution in [3.8, 4) is 0 Å². The highest BCUT2D eigenvalue weighted by Crippen LogP contribution is 2.30. The minimum Gasteiger partial charge on any atom is -0.336 e. The van der Waals surface area contributed by atoms with Gasteiger partial charge in [0.1, 0.15) is 0 Å². The Kier molecular flexibility index (Phi) is 3.99. The molecule has 1 heterocycles. The predicted octanol–water partition coefficient (Wildman–Crippen LogP) is 1.16. The number of hydrogen-bond acceptors (Lipinski definition) is 3. The van der Waals surface area contributed by atoms with Gasteiger partial charge in [-0.3, -0.25) is 4.79 Å². The molecule has 2 atom stereocenters. The summed E-state index contributed by atoms with van der Waals surface area (Å²) < 4.78 is 0. The molecule has 2 unspecified atom stereocenters. The molecule has 2 rings (SSSR count). The summed E-state index contributed by atoms with van der Waals surface area (Å²) in [5.41, 5.74) is 13.9. The number of nitrogens with zero attached hydrogens (tertiary/aromatic N) is 1. The van der Waals surface area contributed by atoms with Crippen molar-refractivity contribution >= 4 is 5.91 Å². The molecular formula is C14H21N3O. The molecule has 0 spiro atoms. The van der Waals surface area contributed by atoms with Crippen LogP contribution in [0.2, 0.25) is 0 Å². The van der Waals surface area contributed by atoms with E-state index in [0.29, 0.717) is 6.54 Å². The number of carbonyl (C=O) groups is 1. The number of nitrogens with two attached hydrogens (primary N) is 2. The average molecular weight is 247 g/mol. The van der Waals surface area contributed by atoms with Crippen LogP contribution in [-0.2, 0) is 11.3 Å². The SMILES string of the molecule is CC(=O)N1CCC(N)CC1c1cccc(CN)c1. The fourth-order valence-electron chi connectivity index (χ4n) is 2.61. The summed E-state index contributed by atoms with van der Waals surface area (Å²) in [6.07, 6.45) is 1.71. The molecular weight excluding hydrogens is 226 g/mol. The van der Waals surface area contributed by atoms with Crippen LogP contribution in [0.25, 0.3) is 0 Å². The highest BCUT2D eigenvalue weighted by Gasteiger charge is 2.29. The maximum absolute atomic E-state index is 11.7. The molecule has 1 aliphatic heterocycles. The summed E-state index contributed by atoms with van der Waals surface area (Å²) in [6, 6.07) is 8.40. The van der Waals surface area contributed by atoms with E-state index in [4.69, 9.17) is 11.5 Å². The molecule has 1 saturated heterocycles. The lowest BCUT2D eigenvalue weighted by molar-refractivity contribution is -0.132. The zero-order valence-corrected chi connectivity index (χ0v) is 10.8. The van der Waals surface area contributed by atoms with Crippen molar-refractivity contribution in [2.24, 2.45) is 11.5 Å². The lowest BCUT2D eigenvalue weighted by Gasteiger charge is -2.38. The second-order valence-electron chi connectivity index (χ2n) is 4.96. The van der Waals surface area contributed by atoms with Crippen molar-refractivity contribution in [3.05, 3.63) is 35.4 Å². The zero-order chi connectivity index (χ0) is 13.1. The Balaban J connectivity index is 2.28. The molecule has 4 N–H and O–H groups in total. The Morgan fingerprint density at radius 3 is 2.94 bits per heavy atom. The van der Waals surface area contributed by atoms with Gasteiger partial charge >= 0.3 is 0 Å². The van der Waals surface area contributed by atoms with Crippen LogP contribution in [0, 0.1) is 0 Å². The van der Waals surface area contributed by atoms with Crippen LogP contribution in [0.15, 0.2) is 24.3 Å². The molecule has 0 aliphatic carbocycles. The molecule has 0 saturated carbocycles. The summed E-state index contributed by atoms with van der Waals surface area (Å²) in [7, 11) is 0. The largest absolute Gasteiger partial charge is 0.336 e. The molecule has 1 amide bonds. The summed E-state index contributed by atoms with van der Waals surface area (Å²) in [4.78, 5) is 13.6. The van der Waals surface area contributed by atoms with Gasteiger partial charge in [-0.05, 0) is 24.0 Å². The van der Waals surface area contributed by atoms with Gasteiger partial charge in [-0.15, -0.1) is 0 Å². The van der Waals surface area contributed by atoms with Crippen LogP contribution in [-0.4, -0.2) is 23.4 Å². The number of likely N-dealkylation sites (tertiary alicyclic amines) is 1. The summed E-state index contributed by atoms with van der Waals surface area (Å²) in [5.74, 6) is 0.116. The molecule has 98 valence electrons. The minimum atomic E-state index is 0.0951. The Hall–Kier alpha value is -1.39. The van der Waals surface area contributed by atoms with E-state index in [0.717, 1.165) is 30.5 Å². The van der Waals surface area contributed by atoms with Crippen molar-refractivity contribution < 1.29 is 4.79 Å². The normalized spacial score (nSPS) is 24.1. The van der Waals surface area contributed by atoms with Gasteiger partial charge in [0.05, 0.1) is 6.04 Å². The molecule has 0 bridgehead atoms. The topological polar surface area (TPSA) is 72.3 Å². The van der Waals surface area contributed by atoms with E-state index in [9.17, 15) is 4.79 Å². The molecule has 1 aromatic rings. The lowest BCUT2D eigenvalue weighted by atomic mass is 9.91. The van der Waals surface area contributed by atoms with Gasteiger partial charge in [0.2, 0.25) is 5.91 Å². The van der Waals surface area contributed by atoms with Crippen LogP contribution in [0.5, 0.6) is 0 Å². The van der Waals surface area contributed by atoms with Crippen LogP contribution in [0.4, 0.5) is 0 Å². The van der Waals surface area contributed by atoms with Crippen LogP contribution < -0.4 is 11.5 Å². The van der Waals surface area contributed by atoms with Crippen molar-refractivity contribution in [1.82, 2.24) is 4.90 Å². The second-order valence-corrected chi connectivity index (χ2v) is 4.96. The van der Waals surface area contributed by atoms with E-state index in [1.54, 1.807) is 6.92 Å². The van der Waals surface area contributed by atoms with Crippen molar-refractivity contribution in [1.29, 1.82) is 0 Å². The van der Waals surface area contributed by atoms with Crippen molar-refractivity contribution in [2.45, 2.75) is 38.4 Å². The highest BCUT2D eigenvalue weighted by molar-refractivity contribution is 5.74. The summed E-state index contributed by atoms with van der Waals surface area (Å²) >= 11 is 0. The monoisotopic (exact) mass is 247 g/mol. The Morgan fingerprint density at radius 2 is 2.28 bits per heavy atom. The number of rotatable bonds is 2. The van der Waals surface area contributed by atoms with Crippen LogP contribution in [0.3, 0.4) is 0 Å². The third-order valence-electron chi connectivity index (χ3n) is 3.62. The standard InChI is InChI=1S/C14H21N3O/c1-10(18)17-6-5-13(16)8-14(17)12-4-2-3-11(7-12)9-15/h2-4,7,13-14H,5-6,8-9,15-16H2,1H3. The molecule has 18 heavy (non-hydrogen) atoms. The minimum absolute atomic E-state index is 0.0951. The molecule has 0 aromatic heterocycles. The fourth-order valence-corrected chi connectivity index (χ4v) is 2.61. The highest BCUT2D eigenvalue weighted by atomic mass is 16.2. The van der Waals surface area contributed by atoms with Crippen LogP contribution >= 0.6 is 0 Å². The van der Waals surface area contributed by atoms with Gasteiger partial charge in [-0.25, -0.2) is 0 Å². The van der Waals surface area contributed by atoms with E-state index in [-0.39, 0.29) is 18.0 Å². The van der Waals surface area contributed by atoms with Gasteiger partial charge in [0.25, 0.3) is 0 Å². The van der Waals surface area contributed by atoms with Crippen molar-refractivity contribution in [3.63, 3.8) is 0 Å². The molecule has 4 heteroatoms. The Morgan fingerprint density at radius 1 is 1.50 bits per heavy atom. The molecule has 1 aromatic carbocycles. The van der Waals surface area contributed by atoms with Gasteiger partial charge in [0.15, 0.2) is 0 Å². The summed E-state index contributed by atoms with van der Waals surface area (Å²) in [6.45, 7) is 2.89. The van der Waals surface area contributed by atoms with E-state index < -0.39 is 0 Å². The Labute approximate surface area is 108 Å². The number of piperidine rings is 1. The molecule has 1 fully saturated rings. The average Bonchev–Trinajstić information content (AvgIpc) is 2.38. The van der Waals surface area contributed by atoms with E-state index in [2.05, 4.69) is 12.1 Å². The number of hydrogen-bond donors (Lipinski definition) is 2. The maximum atomic E-state index is 11.7. The van der Waals surface area contributed by atoms with E-state index in [1.807, 2.05) is 17.0 Å². The van der Waals surface area contributed by atoms with Crippen LogP contribution in [0.1, 0.15) is 36.9 Å². The number of carbonyl (C=O) groups excluding carboxylic acids is 1. The third-order valence-corrected chi connectivity index (χ3v) is 3.62. The van der Waals surface area contributed by atoms with E-state index in [1.165, 1.54) is 0 Å². The first-order valence-corrected chi connectivity index (χ1v) is 6.43. The van der Waals surface area contributed by atoms with Gasteiger partial charge in [0, 0.05) is 26.1 Å². The predicted molar refractivity (Wildman–Crippen MR) is 71.7 cm³/mol. The lowest BCUT2D eigenvalue weighted by Crippen LogP contribution is -2.44. The fraction of sp³-hybridized carbons (Fsp3) is 0.500. The van der Waals surface area contributed by atoms with Gasteiger partial charge in [-0.1, -0.05) is 24.3 Å². The first kappa shape index (κ1) is 13.1. The summed E-state index contributed by atoms with van der Waals surface area (Å²) in [5, 5.41) is 0. The maximum Gasteiger partial charge on any atom is 0.219 e. The second kappa shape index (κ2) is 5.50. The molecule has 4 nitrogen and oxygen atoms in total. The van der Waals surface area contributed by atoms with Gasteiger partial charge in [-0.2, -0.15) is 0 Å². The first-order valence-electron chi connectivity index (χ1n) is 6.43. The Bertz CT molecular complexity index is 433. The quantitative estimate of drug-likeness (QED) is 0.823. The number of amides is 1. The zero-order valence-electron chi connectivity index (χ0n) is 10.8. The smallest absolute Gasteiger partial charge is 0.219 e.